The van der Waals surface area contributed by atoms with E-state index in [9.17, 15) is 13.2 Å². The van der Waals surface area contributed by atoms with Gasteiger partial charge in [0.1, 0.15) is 11.5 Å². The van der Waals surface area contributed by atoms with Crippen molar-refractivity contribution in [1.29, 1.82) is 0 Å². The number of ether oxygens (including phenoxy) is 2. The van der Waals surface area contributed by atoms with Crippen molar-refractivity contribution in [2.45, 2.75) is 107 Å². The van der Waals surface area contributed by atoms with Gasteiger partial charge in [-0.2, -0.15) is 13.2 Å². The molecule has 6 heteroatoms. The average molecular weight is 665 g/mol. The first-order chi connectivity index (χ1) is 21.6. The second-order valence-electron chi connectivity index (χ2n) is 13.2. The number of halogens is 4. The van der Waals surface area contributed by atoms with E-state index in [1.165, 1.54) is 56.2 Å². The van der Waals surface area contributed by atoms with Gasteiger partial charge in [-0.05, 0) is 78.5 Å². The Balaban J connectivity index is 0.000000601. The minimum Gasteiger partial charge on any atom is -0.493 e. The van der Waals surface area contributed by atoms with Gasteiger partial charge in [0.2, 0.25) is 0 Å². The number of unbranched alkanes of at least 4 members (excludes halogenated alkanes) is 2. The van der Waals surface area contributed by atoms with E-state index in [0.29, 0.717) is 18.4 Å². The molecule has 0 radical (unpaired) electrons. The highest BCUT2D eigenvalue weighted by atomic mass is 35.5. The Hall–Kier alpha value is -2.66. The Bertz CT molecular complexity index is 1130. The largest absolute Gasteiger partial charge is 0.493 e. The maximum absolute atomic E-state index is 12.3. The van der Waals surface area contributed by atoms with Crippen LogP contribution in [-0.4, -0.2) is 13.2 Å². The molecule has 0 fully saturated rings. The van der Waals surface area contributed by atoms with Crippen LogP contribution in [0.15, 0.2) is 78.9 Å². The zero-order chi connectivity index (χ0) is 35.0. The summed E-state index contributed by atoms with van der Waals surface area (Å²) < 4.78 is 47.6. The first-order valence-electron chi connectivity index (χ1n) is 16.9. The fourth-order valence-corrected chi connectivity index (χ4v) is 3.93. The molecule has 2 nitrogen and oxygen atoms in total. The summed E-state index contributed by atoms with van der Waals surface area (Å²) in [5.74, 6) is 3.66. The fraction of sp³-hybridized carbons (Fsp3) is 0.550. The Morgan fingerprint density at radius 2 is 1.13 bits per heavy atom. The predicted molar refractivity (Wildman–Crippen MR) is 192 cm³/mol. The zero-order valence-electron chi connectivity index (χ0n) is 29.8. The predicted octanol–water partition coefficient (Wildman–Crippen LogP) is 13.6. The van der Waals surface area contributed by atoms with E-state index in [1.54, 1.807) is 0 Å². The van der Waals surface area contributed by atoms with Crippen molar-refractivity contribution < 1.29 is 22.6 Å². The molecule has 3 rings (SSSR count). The summed E-state index contributed by atoms with van der Waals surface area (Å²) in [5, 5.41) is 0.719. The lowest BCUT2D eigenvalue weighted by Gasteiger charge is -2.11. The molecule has 0 aliphatic heterocycles. The van der Waals surface area contributed by atoms with Gasteiger partial charge in [0.25, 0.3) is 0 Å². The molecule has 46 heavy (non-hydrogen) atoms. The number of hydrogen-bond acceptors (Lipinski definition) is 2. The molecule has 0 saturated carbocycles. The summed E-state index contributed by atoms with van der Waals surface area (Å²) >= 11 is 5.78. The lowest BCUT2D eigenvalue weighted by atomic mass is 10.0. The maximum Gasteiger partial charge on any atom is 0.416 e. The summed E-state index contributed by atoms with van der Waals surface area (Å²) in [6, 6.07) is 23.1. The van der Waals surface area contributed by atoms with Gasteiger partial charge >= 0.3 is 6.18 Å². The fourth-order valence-electron chi connectivity index (χ4n) is 3.75. The Morgan fingerprint density at radius 1 is 0.609 bits per heavy atom. The summed E-state index contributed by atoms with van der Waals surface area (Å²) in [6.45, 7) is 20.6. The lowest BCUT2D eigenvalue weighted by Crippen LogP contribution is -2.07. The molecular formula is C40H60ClF3O2. The van der Waals surface area contributed by atoms with Gasteiger partial charge in [0.15, 0.2) is 0 Å². The minimum absolute atomic E-state index is 0.263. The molecule has 0 heterocycles. The highest BCUT2D eigenvalue weighted by molar-refractivity contribution is 6.30. The van der Waals surface area contributed by atoms with Crippen LogP contribution in [0, 0.1) is 23.7 Å². The van der Waals surface area contributed by atoms with Crippen LogP contribution in [0.1, 0.15) is 106 Å². The molecule has 260 valence electrons. The third-order valence-electron chi connectivity index (χ3n) is 6.36. The number of rotatable bonds is 13. The molecule has 0 saturated heterocycles. The smallest absolute Gasteiger partial charge is 0.416 e. The monoisotopic (exact) mass is 664 g/mol. The van der Waals surface area contributed by atoms with E-state index in [1.807, 2.05) is 38.1 Å². The maximum atomic E-state index is 12.3. The van der Waals surface area contributed by atoms with Crippen molar-refractivity contribution in [2.24, 2.45) is 23.7 Å². The van der Waals surface area contributed by atoms with E-state index in [-0.39, 0.29) is 5.75 Å². The molecule has 0 atom stereocenters. The normalized spacial score (nSPS) is 10.9. The van der Waals surface area contributed by atoms with Gasteiger partial charge in [-0.3, -0.25) is 0 Å². The molecule has 0 spiro atoms. The minimum atomic E-state index is -4.31. The molecule has 0 aliphatic rings. The van der Waals surface area contributed by atoms with Crippen molar-refractivity contribution in [2.75, 3.05) is 13.2 Å². The van der Waals surface area contributed by atoms with Gasteiger partial charge in [-0.1, -0.05) is 142 Å². The van der Waals surface area contributed by atoms with E-state index < -0.39 is 11.7 Å². The number of alkyl halides is 3. The van der Waals surface area contributed by atoms with Gasteiger partial charge in [0.05, 0.1) is 18.8 Å². The second kappa shape index (κ2) is 25.4. The van der Waals surface area contributed by atoms with Crippen LogP contribution in [-0.2, 0) is 12.6 Å². The van der Waals surface area contributed by atoms with Gasteiger partial charge in [0, 0.05) is 5.02 Å². The Kier molecular flexibility index (Phi) is 24.0. The SMILES string of the molecule is CC(C)CCc1ccccc1.CC(C)COc1cccc(C(F)(F)F)c1.CC(C)COc1cccc(Cl)c1.CCCCCC(C)C. The number of aryl methyl sites for hydroxylation is 1. The van der Waals surface area contributed by atoms with E-state index in [2.05, 4.69) is 78.8 Å². The van der Waals surface area contributed by atoms with Crippen molar-refractivity contribution >= 4 is 11.6 Å². The van der Waals surface area contributed by atoms with Crippen LogP contribution in [0.2, 0.25) is 5.02 Å². The highest BCUT2D eigenvalue weighted by Gasteiger charge is 2.30. The first-order valence-corrected chi connectivity index (χ1v) is 17.2. The molecule has 0 amide bonds. The zero-order valence-corrected chi connectivity index (χ0v) is 30.6. The quantitative estimate of drug-likeness (QED) is 0.169. The molecule has 0 unspecified atom stereocenters. The van der Waals surface area contributed by atoms with Crippen molar-refractivity contribution in [3.8, 4) is 11.5 Å². The van der Waals surface area contributed by atoms with Crippen LogP contribution in [0.4, 0.5) is 13.2 Å². The first kappa shape index (κ1) is 43.3. The summed E-state index contributed by atoms with van der Waals surface area (Å²) in [7, 11) is 0. The molecule has 3 aromatic rings. The summed E-state index contributed by atoms with van der Waals surface area (Å²) in [5.41, 5.74) is 0.782. The molecule has 3 aromatic carbocycles. The van der Waals surface area contributed by atoms with Gasteiger partial charge < -0.3 is 9.47 Å². The number of hydrogen-bond donors (Lipinski definition) is 0. The standard InChI is InChI=1S/C11H13F3O.C11H16.C10H13ClO.C8H18/c1-8(2)7-15-10-5-3-4-9(6-10)11(12,13)14;1-10(2)8-9-11-6-4-3-5-7-11;1-8(2)7-12-10-5-3-4-9(11)6-10;1-4-5-6-7-8(2)3/h3-6,8H,7H2,1-2H3;3-7,10H,8-9H2,1-2H3;3-6,8H,7H2,1-2H3;8H,4-7H2,1-3H3. The third kappa shape index (κ3) is 25.5. The van der Waals surface area contributed by atoms with Crippen LogP contribution >= 0.6 is 11.6 Å². The van der Waals surface area contributed by atoms with Crippen molar-refractivity contribution in [3.63, 3.8) is 0 Å². The van der Waals surface area contributed by atoms with Gasteiger partial charge in [-0.25, -0.2) is 0 Å². The topological polar surface area (TPSA) is 18.5 Å². The molecule has 0 aromatic heterocycles. The van der Waals surface area contributed by atoms with E-state index in [0.717, 1.165) is 41.3 Å². The highest BCUT2D eigenvalue weighted by Crippen LogP contribution is 2.31. The third-order valence-corrected chi connectivity index (χ3v) is 6.60. The average Bonchev–Trinajstić information content (AvgIpc) is 2.99. The molecule has 0 aliphatic carbocycles. The molecule has 0 bridgehead atoms. The van der Waals surface area contributed by atoms with Crippen LogP contribution < -0.4 is 9.47 Å². The van der Waals surface area contributed by atoms with Crippen molar-refractivity contribution in [3.05, 3.63) is 95.0 Å². The Morgan fingerprint density at radius 3 is 1.59 bits per heavy atom. The Labute approximate surface area is 284 Å². The van der Waals surface area contributed by atoms with E-state index >= 15 is 0 Å². The number of benzene rings is 3. The lowest BCUT2D eigenvalue weighted by molar-refractivity contribution is -0.137. The van der Waals surface area contributed by atoms with Gasteiger partial charge in [-0.15, -0.1) is 0 Å². The van der Waals surface area contributed by atoms with Crippen molar-refractivity contribution in [1.82, 2.24) is 0 Å². The second-order valence-corrected chi connectivity index (χ2v) is 13.6. The summed E-state index contributed by atoms with van der Waals surface area (Å²) in [6.07, 6.45) is 3.81. The molecule has 0 N–H and O–H groups in total. The summed E-state index contributed by atoms with van der Waals surface area (Å²) in [4.78, 5) is 0. The molecular weight excluding hydrogens is 605 g/mol. The van der Waals surface area contributed by atoms with E-state index in [4.69, 9.17) is 21.1 Å². The van der Waals surface area contributed by atoms with Crippen LogP contribution in [0.25, 0.3) is 0 Å². The van der Waals surface area contributed by atoms with Crippen LogP contribution in [0.5, 0.6) is 11.5 Å². The van der Waals surface area contributed by atoms with Crippen LogP contribution in [0.3, 0.4) is 0 Å².